The second kappa shape index (κ2) is 8.49. The van der Waals surface area contributed by atoms with E-state index in [1.165, 1.54) is 18.2 Å². The molecule has 2 amide bonds. The van der Waals surface area contributed by atoms with Crippen LogP contribution in [0.15, 0.2) is 42.5 Å². The molecule has 0 bridgehead atoms. The first-order chi connectivity index (χ1) is 14.7. The van der Waals surface area contributed by atoms with E-state index in [1.807, 2.05) is 24.3 Å². The van der Waals surface area contributed by atoms with Gasteiger partial charge in [0, 0.05) is 44.0 Å². The number of nitrogens with zero attached hydrogens (tertiary/aromatic N) is 3. The first-order valence-electron chi connectivity index (χ1n) is 9.95. The molecule has 2 heterocycles. The Bertz CT molecular complexity index is 1110. The van der Waals surface area contributed by atoms with E-state index in [2.05, 4.69) is 22.2 Å². The van der Waals surface area contributed by atoms with Crippen LogP contribution in [-0.4, -0.2) is 64.1 Å². The number of piperazine rings is 1. The second-order valence-electron chi connectivity index (χ2n) is 7.68. The van der Waals surface area contributed by atoms with E-state index in [9.17, 15) is 18.0 Å². The molecule has 0 spiro atoms. The van der Waals surface area contributed by atoms with Crippen molar-refractivity contribution in [2.75, 3.05) is 53.5 Å². The van der Waals surface area contributed by atoms with Crippen LogP contribution in [0.2, 0.25) is 5.02 Å². The maximum Gasteiger partial charge on any atom is 0.257 e. The number of nitrogens with one attached hydrogen (secondary N) is 1. The average molecular weight is 463 g/mol. The van der Waals surface area contributed by atoms with E-state index < -0.39 is 21.8 Å². The minimum atomic E-state index is -3.69. The molecular formula is C21H23ClN4O4S. The highest BCUT2D eigenvalue weighted by molar-refractivity contribution is 7.94. The fraction of sp³-hybridized carbons (Fsp3) is 0.333. The van der Waals surface area contributed by atoms with Crippen LogP contribution < -0.4 is 14.5 Å². The number of hydrogen-bond acceptors (Lipinski definition) is 6. The molecule has 2 aromatic carbocycles. The number of halogens is 1. The fourth-order valence-electron chi connectivity index (χ4n) is 3.70. The lowest BCUT2D eigenvalue weighted by atomic mass is 10.1. The standard InChI is InChI=1S/C21H23ClN4O4S/c1-24-9-11-25(12-10-24)16-4-2-15(3-5-16)23-21(28)18-7-6-17(14-19(18)22)26-20(27)8-13-31(26,29)30/h2-7,14H,8-13H2,1H3,(H,23,28). The summed E-state index contributed by atoms with van der Waals surface area (Å²) in [5.41, 5.74) is 2.06. The van der Waals surface area contributed by atoms with Gasteiger partial charge in [0.25, 0.3) is 5.91 Å². The van der Waals surface area contributed by atoms with Crippen LogP contribution in [0.4, 0.5) is 17.1 Å². The molecule has 2 aliphatic rings. The molecule has 0 saturated carbocycles. The quantitative estimate of drug-likeness (QED) is 0.750. The predicted octanol–water partition coefficient (Wildman–Crippen LogP) is 2.41. The Morgan fingerprint density at radius 2 is 1.65 bits per heavy atom. The minimum absolute atomic E-state index is 0.0632. The van der Waals surface area contributed by atoms with Gasteiger partial charge in [0.1, 0.15) is 0 Å². The average Bonchev–Trinajstić information content (AvgIpc) is 3.01. The maximum absolute atomic E-state index is 12.7. The van der Waals surface area contributed by atoms with Crippen molar-refractivity contribution in [2.45, 2.75) is 6.42 Å². The lowest BCUT2D eigenvalue weighted by Gasteiger charge is -2.34. The summed E-state index contributed by atoms with van der Waals surface area (Å²) in [6.45, 7) is 3.94. The summed E-state index contributed by atoms with van der Waals surface area (Å²) in [7, 11) is -1.58. The molecule has 2 aliphatic heterocycles. The smallest absolute Gasteiger partial charge is 0.257 e. The van der Waals surface area contributed by atoms with Gasteiger partial charge in [-0.15, -0.1) is 0 Å². The summed E-state index contributed by atoms with van der Waals surface area (Å²) in [4.78, 5) is 29.2. The molecule has 2 aromatic rings. The largest absolute Gasteiger partial charge is 0.369 e. The Kier molecular flexibility index (Phi) is 5.92. The van der Waals surface area contributed by atoms with Gasteiger partial charge in [0.2, 0.25) is 15.9 Å². The zero-order valence-corrected chi connectivity index (χ0v) is 18.6. The predicted molar refractivity (Wildman–Crippen MR) is 121 cm³/mol. The van der Waals surface area contributed by atoms with Crippen LogP contribution in [0.5, 0.6) is 0 Å². The molecule has 0 radical (unpaired) electrons. The van der Waals surface area contributed by atoms with Crippen molar-refractivity contribution in [2.24, 2.45) is 0 Å². The number of sulfonamides is 1. The van der Waals surface area contributed by atoms with Crippen molar-refractivity contribution >= 4 is 50.5 Å². The molecule has 10 heteroatoms. The van der Waals surface area contributed by atoms with E-state index >= 15 is 0 Å². The summed E-state index contributed by atoms with van der Waals surface area (Å²) in [6.07, 6.45) is -0.0632. The normalized spacial score (nSPS) is 19.0. The van der Waals surface area contributed by atoms with Gasteiger partial charge in [0.05, 0.1) is 22.0 Å². The minimum Gasteiger partial charge on any atom is -0.369 e. The number of rotatable bonds is 4. The van der Waals surface area contributed by atoms with Crippen LogP contribution in [0.25, 0.3) is 0 Å². The first kappa shape index (κ1) is 21.6. The molecule has 8 nitrogen and oxygen atoms in total. The van der Waals surface area contributed by atoms with Crippen molar-refractivity contribution in [3.63, 3.8) is 0 Å². The van der Waals surface area contributed by atoms with Gasteiger partial charge in [-0.1, -0.05) is 11.6 Å². The van der Waals surface area contributed by atoms with Crippen molar-refractivity contribution in [1.29, 1.82) is 0 Å². The number of amides is 2. The van der Waals surface area contributed by atoms with E-state index in [-0.39, 0.29) is 28.4 Å². The van der Waals surface area contributed by atoms with E-state index in [4.69, 9.17) is 11.6 Å². The SMILES string of the molecule is CN1CCN(c2ccc(NC(=O)c3ccc(N4C(=O)CCS4(=O)=O)cc3Cl)cc2)CC1. The number of carbonyl (C=O) groups is 2. The Morgan fingerprint density at radius 3 is 2.23 bits per heavy atom. The topological polar surface area (TPSA) is 90.0 Å². The van der Waals surface area contributed by atoms with Gasteiger partial charge in [-0.25, -0.2) is 12.7 Å². The summed E-state index contributed by atoms with van der Waals surface area (Å²) in [5.74, 6) is -1.15. The highest BCUT2D eigenvalue weighted by Crippen LogP contribution is 2.30. The summed E-state index contributed by atoms with van der Waals surface area (Å²) in [6, 6.07) is 11.8. The molecule has 1 N–H and O–H groups in total. The highest BCUT2D eigenvalue weighted by atomic mass is 35.5. The van der Waals surface area contributed by atoms with Crippen LogP contribution in [0.3, 0.4) is 0 Å². The molecule has 164 valence electrons. The zero-order valence-electron chi connectivity index (χ0n) is 17.0. The van der Waals surface area contributed by atoms with Crippen molar-refractivity contribution in [3.05, 3.63) is 53.1 Å². The number of anilines is 3. The Balaban J connectivity index is 1.46. The molecule has 0 atom stereocenters. The van der Waals surface area contributed by atoms with Gasteiger partial charge in [0.15, 0.2) is 0 Å². The third kappa shape index (κ3) is 4.53. The van der Waals surface area contributed by atoms with E-state index in [0.717, 1.165) is 36.2 Å². The molecule has 0 unspecified atom stereocenters. The maximum atomic E-state index is 12.7. The van der Waals surface area contributed by atoms with Crippen LogP contribution in [-0.2, 0) is 14.8 Å². The van der Waals surface area contributed by atoms with Gasteiger partial charge >= 0.3 is 0 Å². The lowest BCUT2D eigenvalue weighted by Crippen LogP contribution is -2.44. The van der Waals surface area contributed by atoms with E-state index in [1.54, 1.807) is 0 Å². The number of likely N-dealkylation sites (N-methyl/N-ethyl adjacent to an activating group) is 1. The molecular weight excluding hydrogens is 440 g/mol. The Morgan fingerprint density at radius 1 is 1.00 bits per heavy atom. The summed E-state index contributed by atoms with van der Waals surface area (Å²) >= 11 is 6.24. The molecule has 2 fully saturated rings. The lowest BCUT2D eigenvalue weighted by molar-refractivity contribution is -0.116. The zero-order chi connectivity index (χ0) is 22.2. The molecule has 0 aromatic heterocycles. The monoisotopic (exact) mass is 462 g/mol. The van der Waals surface area contributed by atoms with Gasteiger partial charge < -0.3 is 15.1 Å². The summed E-state index contributed by atoms with van der Waals surface area (Å²) < 4.78 is 24.9. The summed E-state index contributed by atoms with van der Waals surface area (Å²) in [5, 5.41) is 2.87. The first-order valence-corrected chi connectivity index (χ1v) is 11.9. The van der Waals surface area contributed by atoms with Crippen molar-refractivity contribution in [3.8, 4) is 0 Å². The number of carbonyl (C=O) groups excluding carboxylic acids is 2. The Hall–Kier alpha value is -2.62. The van der Waals surface area contributed by atoms with Gasteiger partial charge in [-0.05, 0) is 49.5 Å². The third-order valence-electron chi connectivity index (χ3n) is 5.50. The molecule has 31 heavy (non-hydrogen) atoms. The van der Waals surface area contributed by atoms with Crippen LogP contribution >= 0.6 is 11.6 Å². The third-order valence-corrected chi connectivity index (χ3v) is 7.51. The molecule has 2 saturated heterocycles. The highest BCUT2D eigenvalue weighted by Gasteiger charge is 2.36. The van der Waals surface area contributed by atoms with Crippen LogP contribution in [0.1, 0.15) is 16.8 Å². The number of benzene rings is 2. The second-order valence-corrected chi connectivity index (χ2v) is 10.0. The van der Waals surface area contributed by atoms with Crippen molar-refractivity contribution in [1.82, 2.24) is 4.90 Å². The van der Waals surface area contributed by atoms with Gasteiger partial charge in [-0.2, -0.15) is 0 Å². The Labute approximate surface area is 186 Å². The van der Waals surface area contributed by atoms with Crippen molar-refractivity contribution < 1.29 is 18.0 Å². The van der Waals surface area contributed by atoms with E-state index in [0.29, 0.717) is 5.69 Å². The van der Waals surface area contributed by atoms with Gasteiger partial charge in [-0.3, -0.25) is 9.59 Å². The number of hydrogen-bond donors (Lipinski definition) is 1. The fourth-order valence-corrected chi connectivity index (χ4v) is 5.41. The van der Waals surface area contributed by atoms with Crippen LogP contribution in [0, 0.1) is 0 Å². The molecule has 0 aliphatic carbocycles. The molecule has 4 rings (SSSR count).